The molecule has 5 heteroatoms. The maximum atomic E-state index is 13.9. The second-order valence-electron chi connectivity index (χ2n) is 6.99. The van der Waals surface area contributed by atoms with Gasteiger partial charge in [0.15, 0.2) is 0 Å². The Kier molecular flexibility index (Phi) is 3.99. The Bertz CT molecular complexity index is 810. The zero-order chi connectivity index (χ0) is 17.5. The van der Waals surface area contributed by atoms with Crippen molar-refractivity contribution >= 4 is 12.6 Å². The molecule has 1 aliphatic heterocycles. The number of hydrogen-bond acceptors (Lipinski definition) is 3. The Hall–Kier alpha value is -2.16. The Morgan fingerprint density at radius 2 is 1.62 bits per heavy atom. The first-order chi connectivity index (χ1) is 11.2. The molecule has 3 nitrogen and oxygen atoms in total. The molecule has 24 heavy (non-hydrogen) atoms. The minimum absolute atomic E-state index is 0.0450. The third kappa shape index (κ3) is 2.73. The van der Waals surface area contributed by atoms with Gasteiger partial charge in [-0.2, -0.15) is 5.26 Å². The van der Waals surface area contributed by atoms with Crippen LogP contribution in [0.1, 0.15) is 33.3 Å². The van der Waals surface area contributed by atoms with Gasteiger partial charge in [0.2, 0.25) is 0 Å². The van der Waals surface area contributed by atoms with Crippen LogP contribution in [0.15, 0.2) is 42.5 Å². The van der Waals surface area contributed by atoms with Crippen LogP contribution in [0.2, 0.25) is 0 Å². The monoisotopic (exact) mass is 323 g/mol. The second-order valence-corrected chi connectivity index (χ2v) is 6.99. The van der Waals surface area contributed by atoms with E-state index in [1.54, 1.807) is 12.1 Å². The fourth-order valence-corrected chi connectivity index (χ4v) is 2.71. The van der Waals surface area contributed by atoms with Gasteiger partial charge in [-0.1, -0.05) is 36.4 Å². The van der Waals surface area contributed by atoms with Crippen LogP contribution < -0.4 is 5.46 Å². The summed E-state index contributed by atoms with van der Waals surface area (Å²) in [5.74, 6) is -0.518. The Balaban J connectivity index is 2.01. The van der Waals surface area contributed by atoms with Gasteiger partial charge in [-0.05, 0) is 44.8 Å². The van der Waals surface area contributed by atoms with Crippen molar-refractivity contribution in [3.05, 3.63) is 53.8 Å². The van der Waals surface area contributed by atoms with Gasteiger partial charge < -0.3 is 9.31 Å². The summed E-state index contributed by atoms with van der Waals surface area (Å²) in [5, 5.41) is 9.24. The summed E-state index contributed by atoms with van der Waals surface area (Å²) in [6.07, 6.45) is 0. The van der Waals surface area contributed by atoms with Crippen molar-refractivity contribution in [3.8, 4) is 17.2 Å². The molecule has 1 aliphatic rings. The van der Waals surface area contributed by atoms with Crippen LogP contribution in [-0.4, -0.2) is 18.3 Å². The van der Waals surface area contributed by atoms with E-state index in [1.807, 2.05) is 58.0 Å². The van der Waals surface area contributed by atoms with E-state index in [0.717, 1.165) is 11.0 Å². The third-order valence-corrected chi connectivity index (χ3v) is 4.85. The van der Waals surface area contributed by atoms with Gasteiger partial charge in [0.1, 0.15) is 11.9 Å². The van der Waals surface area contributed by atoms with Gasteiger partial charge in [0.05, 0.1) is 16.8 Å². The molecule has 0 N–H and O–H groups in total. The smallest absolute Gasteiger partial charge is 0.399 e. The molecule has 0 unspecified atom stereocenters. The normalized spacial score (nSPS) is 18.4. The summed E-state index contributed by atoms with van der Waals surface area (Å²) in [6.45, 7) is 7.99. The number of hydrogen-bond donors (Lipinski definition) is 0. The minimum Gasteiger partial charge on any atom is -0.399 e. The van der Waals surface area contributed by atoms with E-state index in [0.29, 0.717) is 5.56 Å². The largest absolute Gasteiger partial charge is 0.494 e. The zero-order valence-electron chi connectivity index (χ0n) is 14.3. The average molecular weight is 323 g/mol. The highest BCUT2D eigenvalue weighted by Crippen LogP contribution is 2.36. The van der Waals surface area contributed by atoms with Crippen molar-refractivity contribution < 1.29 is 13.7 Å². The summed E-state index contributed by atoms with van der Waals surface area (Å²) >= 11 is 0. The molecule has 1 heterocycles. The molecular weight excluding hydrogens is 304 g/mol. The van der Waals surface area contributed by atoms with Crippen molar-refractivity contribution in [1.29, 1.82) is 5.26 Å². The molecule has 2 aromatic carbocycles. The van der Waals surface area contributed by atoms with Crippen molar-refractivity contribution in [1.82, 2.24) is 0 Å². The van der Waals surface area contributed by atoms with Crippen LogP contribution in [-0.2, 0) is 9.31 Å². The van der Waals surface area contributed by atoms with E-state index in [4.69, 9.17) is 9.31 Å². The molecule has 0 amide bonds. The maximum absolute atomic E-state index is 13.9. The number of halogens is 1. The Morgan fingerprint density at radius 1 is 1.00 bits per heavy atom. The quantitative estimate of drug-likeness (QED) is 0.792. The van der Waals surface area contributed by atoms with E-state index < -0.39 is 24.1 Å². The van der Waals surface area contributed by atoms with Gasteiger partial charge in [0.25, 0.3) is 0 Å². The van der Waals surface area contributed by atoms with Crippen molar-refractivity contribution in [3.63, 3.8) is 0 Å². The van der Waals surface area contributed by atoms with Crippen LogP contribution in [0.3, 0.4) is 0 Å². The lowest BCUT2D eigenvalue weighted by atomic mass is 9.77. The molecule has 0 saturated carbocycles. The summed E-state index contributed by atoms with van der Waals surface area (Å²) in [6, 6.07) is 14.1. The highest BCUT2D eigenvalue weighted by Gasteiger charge is 2.51. The first-order valence-electron chi connectivity index (χ1n) is 7.90. The molecule has 0 aromatic heterocycles. The summed E-state index contributed by atoms with van der Waals surface area (Å²) in [5.41, 5.74) is 1.37. The predicted octanol–water partition coefficient (Wildman–Crippen LogP) is 3.66. The van der Waals surface area contributed by atoms with Crippen molar-refractivity contribution in [2.24, 2.45) is 0 Å². The maximum Gasteiger partial charge on any atom is 0.494 e. The molecule has 0 atom stereocenters. The molecule has 1 saturated heterocycles. The van der Waals surface area contributed by atoms with E-state index >= 15 is 0 Å². The molecule has 2 aromatic rings. The average Bonchev–Trinajstić information content (AvgIpc) is 2.75. The summed E-state index contributed by atoms with van der Waals surface area (Å²) < 4.78 is 26.0. The van der Waals surface area contributed by atoms with Crippen molar-refractivity contribution in [2.45, 2.75) is 38.9 Å². The highest BCUT2D eigenvalue weighted by atomic mass is 19.1. The first-order valence-corrected chi connectivity index (χ1v) is 7.90. The molecular formula is C19H19BFNO2. The molecule has 0 bridgehead atoms. The summed E-state index contributed by atoms with van der Waals surface area (Å²) in [7, 11) is -0.492. The number of nitriles is 1. The fraction of sp³-hybridized carbons (Fsp3) is 0.316. The van der Waals surface area contributed by atoms with Gasteiger partial charge in [0, 0.05) is 5.56 Å². The highest BCUT2D eigenvalue weighted by molar-refractivity contribution is 6.62. The molecule has 1 fully saturated rings. The molecule has 3 rings (SSSR count). The SMILES string of the molecule is CC1(C)OB(c2cccc(-c3cccc(F)c3C#N)c2)OC1(C)C. The molecule has 0 spiro atoms. The zero-order valence-corrected chi connectivity index (χ0v) is 14.3. The minimum atomic E-state index is -0.518. The van der Waals surface area contributed by atoms with E-state index in [9.17, 15) is 9.65 Å². The Morgan fingerprint density at radius 3 is 2.25 bits per heavy atom. The van der Waals surface area contributed by atoms with Gasteiger partial charge in [-0.15, -0.1) is 0 Å². The lowest BCUT2D eigenvalue weighted by molar-refractivity contribution is 0.00578. The summed E-state index contributed by atoms with van der Waals surface area (Å²) in [4.78, 5) is 0. The van der Waals surface area contributed by atoms with Crippen LogP contribution in [0.5, 0.6) is 0 Å². The predicted molar refractivity (Wildman–Crippen MR) is 92.3 cm³/mol. The molecule has 0 radical (unpaired) electrons. The molecule has 0 aliphatic carbocycles. The topological polar surface area (TPSA) is 42.2 Å². The lowest BCUT2D eigenvalue weighted by Crippen LogP contribution is -2.41. The molecule has 122 valence electrons. The van der Waals surface area contributed by atoms with Crippen molar-refractivity contribution in [2.75, 3.05) is 0 Å². The van der Waals surface area contributed by atoms with Crippen LogP contribution in [0, 0.1) is 17.1 Å². The number of nitrogens with zero attached hydrogens (tertiary/aromatic N) is 1. The van der Waals surface area contributed by atoms with E-state index in [2.05, 4.69) is 0 Å². The second kappa shape index (κ2) is 5.73. The van der Waals surface area contributed by atoms with E-state index in [1.165, 1.54) is 6.07 Å². The fourth-order valence-electron chi connectivity index (χ4n) is 2.71. The van der Waals surface area contributed by atoms with E-state index in [-0.39, 0.29) is 5.56 Å². The van der Waals surface area contributed by atoms with Gasteiger partial charge in [-0.25, -0.2) is 4.39 Å². The standard InChI is InChI=1S/C19H19BFNO2/c1-18(2)19(3,4)24-20(23-18)14-8-5-7-13(11-14)15-9-6-10-17(21)16(15)12-22/h5-11H,1-4H3. The lowest BCUT2D eigenvalue weighted by Gasteiger charge is -2.32. The van der Waals surface area contributed by atoms with Crippen LogP contribution >= 0.6 is 0 Å². The number of benzene rings is 2. The van der Waals surface area contributed by atoms with Crippen LogP contribution in [0.25, 0.3) is 11.1 Å². The van der Waals surface area contributed by atoms with Gasteiger partial charge >= 0.3 is 7.12 Å². The number of rotatable bonds is 2. The first kappa shape index (κ1) is 16.7. The third-order valence-electron chi connectivity index (χ3n) is 4.85. The van der Waals surface area contributed by atoms with Crippen LogP contribution in [0.4, 0.5) is 4.39 Å². The van der Waals surface area contributed by atoms with Gasteiger partial charge in [-0.3, -0.25) is 0 Å². The Labute approximate surface area is 142 Å².